The van der Waals surface area contributed by atoms with Crippen molar-refractivity contribution in [2.24, 2.45) is 0 Å². The van der Waals surface area contributed by atoms with Crippen molar-refractivity contribution in [1.82, 2.24) is 19.8 Å². The number of hydrogen-bond acceptors (Lipinski definition) is 4. The Bertz CT molecular complexity index is 434. The highest BCUT2D eigenvalue weighted by Gasteiger charge is 2.15. The van der Waals surface area contributed by atoms with Crippen molar-refractivity contribution in [3.8, 4) is 0 Å². The Labute approximate surface area is 116 Å². The van der Waals surface area contributed by atoms with Gasteiger partial charge in [0.1, 0.15) is 0 Å². The van der Waals surface area contributed by atoms with E-state index in [4.69, 9.17) is 0 Å². The summed E-state index contributed by atoms with van der Waals surface area (Å²) in [7, 11) is 2.18. The fraction of sp³-hybridized carbons (Fsp3) is 0.600. The molecule has 19 heavy (non-hydrogen) atoms. The van der Waals surface area contributed by atoms with Gasteiger partial charge in [0.25, 0.3) is 0 Å². The van der Waals surface area contributed by atoms with Gasteiger partial charge >= 0.3 is 0 Å². The fourth-order valence-electron chi connectivity index (χ4n) is 2.24. The minimum absolute atomic E-state index is 0.424. The number of nitrogens with zero attached hydrogens (tertiary/aromatic N) is 4. The van der Waals surface area contributed by atoms with Crippen LogP contribution in [0, 0.1) is 0 Å². The smallest absolute Gasteiger partial charge is 0.151 e. The summed E-state index contributed by atoms with van der Waals surface area (Å²) in [5.74, 6) is 1.17. The lowest BCUT2D eigenvalue weighted by molar-refractivity contribution is 0.147. The molecule has 0 amide bonds. The molecule has 4 heteroatoms. The molecule has 0 aliphatic carbocycles. The minimum atomic E-state index is 0.424. The topological polar surface area (TPSA) is 32.3 Å². The molecule has 0 aromatic carbocycles. The Balaban J connectivity index is 2.10. The maximum Gasteiger partial charge on any atom is 0.151 e. The van der Waals surface area contributed by atoms with E-state index < -0.39 is 0 Å². The van der Waals surface area contributed by atoms with E-state index in [2.05, 4.69) is 53.3 Å². The van der Waals surface area contributed by atoms with E-state index in [1.807, 2.05) is 0 Å². The maximum atomic E-state index is 4.56. The van der Waals surface area contributed by atoms with E-state index in [0.29, 0.717) is 5.92 Å². The Morgan fingerprint density at radius 1 is 1.26 bits per heavy atom. The number of aromatic nitrogens is 2. The van der Waals surface area contributed by atoms with E-state index in [9.17, 15) is 0 Å². The van der Waals surface area contributed by atoms with Crippen molar-refractivity contribution in [3.63, 3.8) is 0 Å². The molecule has 104 valence electrons. The fourth-order valence-corrected chi connectivity index (χ4v) is 2.24. The van der Waals surface area contributed by atoms with Crippen LogP contribution < -0.4 is 0 Å². The lowest BCUT2D eigenvalue weighted by atomic mass is 10.1. The highest BCUT2D eigenvalue weighted by Crippen LogP contribution is 2.15. The summed E-state index contributed by atoms with van der Waals surface area (Å²) in [6.45, 7) is 13.5. The van der Waals surface area contributed by atoms with E-state index in [0.717, 1.165) is 49.9 Å². The second-order valence-corrected chi connectivity index (χ2v) is 5.58. The third kappa shape index (κ3) is 3.85. The first-order chi connectivity index (χ1) is 9.08. The Hall–Kier alpha value is -1.26. The Morgan fingerprint density at radius 2 is 1.95 bits per heavy atom. The van der Waals surface area contributed by atoms with E-state index in [-0.39, 0.29) is 0 Å². The summed E-state index contributed by atoms with van der Waals surface area (Å²) in [5, 5.41) is 0. The Kier molecular flexibility index (Phi) is 4.66. The molecule has 2 heterocycles. The lowest BCUT2D eigenvalue weighted by Crippen LogP contribution is -2.44. The van der Waals surface area contributed by atoms with Gasteiger partial charge in [-0.3, -0.25) is 4.90 Å². The summed E-state index contributed by atoms with van der Waals surface area (Å²) in [6.07, 6.45) is 1.74. The van der Waals surface area contributed by atoms with Gasteiger partial charge in [-0.1, -0.05) is 20.4 Å². The van der Waals surface area contributed by atoms with Crippen molar-refractivity contribution in [3.05, 3.63) is 29.9 Å². The van der Waals surface area contributed by atoms with Crippen molar-refractivity contribution in [2.75, 3.05) is 33.2 Å². The standard InChI is InChI=1S/C15H24N4/c1-5-15-16-13(10-14(17-15)12(2)3)11-19-8-6-18(4)7-9-19/h5,10,12H,1,6-9,11H2,2-4H3. The number of rotatable bonds is 4. The molecule has 1 aliphatic heterocycles. The van der Waals surface area contributed by atoms with Crippen LogP contribution in [0.2, 0.25) is 0 Å². The van der Waals surface area contributed by atoms with Gasteiger partial charge in [-0.15, -0.1) is 0 Å². The van der Waals surface area contributed by atoms with Crippen LogP contribution in [0.4, 0.5) is 0 Å². The van der Waals surface area contributed by atoms with Gasteiger partial charge in [0, 0.05) is 38.4 Å². The number of hydrogen-bond donors (Lipinski definition) is 0. The maximum absolute atomic E-state index is 4.56. The summed E-state index contributed by atoms with van der Waals surface area (Å²) < 4.78 is 0. The zero-order valence-corrected chi connectivity index (χ0v) is 12.3. The zero-order valence-electron chi connectivity index (χ0n) is 12.3. The summed E-state index contributed by atoms with van der Waals surface area (Å²) in [6, 6.07) is 2.13. The largest absolute Gasteiger partial charge is 0.304 e. The van der Waals surface area contributed by atoms with Gasteiger partial charge in [-0.25, -0.2) is 9.97 Å². The molecule has 0 bridgehead atoms. The lowest BCUT2D eigenvalue weighted by Gasteiger charge is -2.32. The second-order valence-electron chi connectivity index (χ2n) is 5.58. The molecule has 0 N–H and O–H groups in total. The predicted molar refractivity (Wildman–Crippen MR) is 79.0 cm³/mol. The summed E-state index contributed by atoms with van der Waals surface area (Å²) in [5.41, 5.74) is 2.21. The van der Waals surface area contributed by atoms with Gasteiger partial charge in [-0.2, -0.15) is 0 Å². The SMILES string of the molecule is C=Cc1nc(CN2CCN(C)CC2)cc(C(C)C)n1. The highest BCUT2D eigenvalue weighted by molar-refractivity contribution is 5.37. The summed E-state index contributed by atoms with van der Waals surface area (Å²) >= 11 is 0. The van der Waals surface area contributed by atoms with Crippen LogP contribution in [0.5, 0.6) is 0 Å². The highest BCUT2D eigenvalue weighted by atomic mass is 15.2. The average molecular weight is 260 g/mol. The number of piperazine rings is 1. The molecule has 2 rings (SSSR count). The van der Waals surface area contributed by atoms with Gasteiger partial charge in [0.05, 0.1) is 5.69 Å². The molecular formula is C15H24N4. The molecule has 0 spiro atoms. The molecule has 0 radical (unpaired) electrons. The molecule has 0 unspecified atom stereocenters. The molecule has 0 saturated carbocycles. The first-order valence-corrected chi connectivity index (χ1v) is 6.99. The van der Waals surface area contributed by atoms with Crippen LogP contribution in [0.25, 0.3) is 6.08 Å². The van der Waals surface area contributed by atoms with Crippen molar-refractivity contribution >= 4 is 6.08 Å². The third-order valence-electron chi connectivity index (χ3n) is 3.57. The van der Waals surface area contributed by atoms with Gasteiger partial charge in [0.2, 0.25) is 0 Å². The van der Waals surface area contributed by atoms with Crippen LogP contribution in [0.1, 0.15) is 37.0 Å². The molecule has 1 aromatic rings. The van der Waals surface area contributed by atoms with E-state index in [1.165, 1.54) is 0 Å². The van der Waals surface area contributed by atoms with Crippen molar-refractivity contribution < 1.29 is 0 Å². The van der Waals surface area contributed by atoms with E-state index in [1.54, 1.807) is 6.08 Å². The molecule has 1 aromatic heterocycles. The van der Waals surface area contributed by atoms with Crippen LogP contribution in [0.15, 0.2) is 12.6 Å². The average Bonchev–Trinajstić information content (AvgIpc) is 2.41. The van der Waals surface area contributed by atoms with Gasteiger partial charge in [-0.05, 0) is 25.1 Å². The van der Waals surface area contributed by atoms with Gasteiger partial charge < -0.3 is 4.90 Å². The van der Waals surface area contributed by atoms with E-state index >= 15 is 0 Å². The molecular weight excluding hydrogens is 236 g/mol. The third-order valence-corrected chi connectivity index (χ3v) is 3.57. The molecule has 4 nitrogen and oxygen atoms in total. The van der Waals surface area contributed by atoms with Gasteiger partial charge in [0.15, 0.2) is 5.82 Å². The summed E-state index contributed by atoms with van der Waals surface area (Å²) in [4.78, 5) is 13.9. The minimum Gasteiger partial charge on any atom is -0.304 e. The molecule has 1 saturated heterocycles. The number of likely N-dealkylation sites (N-methyl/N-ethyl adjacent to an activating group) is 1. The second kappa shape index (κ2) is 6.26. The molecule has 0 atom stereocenters. The van der Waals surface area contributed by atoms with Crippen LogP contribution >= 0.6 is 0 Å². The molecule has 1 fully saturated rings. The monoisotopic (exact) mass is 260 g/mol. The van der Waals surface area contributed by atoms with Crippen LogP contribution in [-0.2, 0) is 6.54 Å². The predicted octanol–water partition coefficient (Wildman–Crippen LogP) is 1.99. The van der Waals surface area contributed by atoms with Crippen LogP contribution in [0.3, 0.4) is 0 Å². The molecule has 1 aliphatic rings. The van der Waals surface area contributed by atoms with Crippen molar-refractivity contribution in [2.45, 2.75) is 26.3 Å². The van der Waals surface area contributed by atoms with Crippen molar-refractivity contribution in [1.29, 1.82) is 0 Å². The quantitative estimate of drug-likeness (QED) is 0.829. The van der Waals surface area contributed by atoms with Crippen LogP contribution in [-0.4, -0.2) is 53.0 Å². The Morgan fingerprint density at radius 3 is 2.53 bits per heavy atom. The zero-order chi connectivity index (χ0) is 13.8. The first kappa shape index (κ1) is 14.2. The normalized spacial score (nSPS) is 17.9. The first-order valence-electron chi connectivity index (χ1n) is 6.99.